The van der Waals surface area contributed by atoms with Gasteiger partial charge in [-0.25, -0.2) is 4.98 Å². The molecule has 1 rings (SSSR count). The molecule has 0 aliphatic heterocycles. The van der Waals surface area contributed by atoms with Gasteiger partial charge in [-0.2, -0.15) is 0 Å². The summed E-state index contributed by atoms with van der Waals surface area (Å²) in [5.41, 5.74) is -0.308. The Bertz CT molecular complexity index is 337. The Labute approximate surface area is 108 Å². The van der Waals surface area contributed by atoms with Crippen LogP contribution in [0.2, 0.25) is 0 Å². The average molecular weight is 254 g/mol. The molecule has 0 radical (unpaired) electrons. The molecule has 1 aromatic rings. The molecule has 0 saturated heterocycles. The van der Waals surface area contributed by atoms with Crippen molar-refractivity contribution in [1.82, 2.24) is 10.3 Å². The van der Waals surface area contributed by atoms with Gasteiger partial charge in [0.2, 0.25) is 5.91 Å². The van der Waals surface area contributed by atoms with E-state index < -0.39 is 0 Å². The first-order valence-corrected chi connectivity index (χ1v) is 7.21. The zero-order valence-electron chi connectivity index (χ0n) is 11.0. The second kappa shape index (κ2) is 6.74. The summed E-state index contributed by atoms with van der Waals surface area (Å²) in [7, 11) is 0. The van der Waals surface area contributed by atoms with E-state index in [0.717, 1.165) is 30.7 Å². The SMILES string of the molecule is CCCCCC(=O)NC(C)(CC)c1nccs1. The highest BCUT2D eigenvalue weighted by Gasteiger charge is 2.28. The third-order valence-corrected chi connectivity index (χ3v) is 4.07. The predicted octanol–water partition coefficient (Wildman–Crippen LogP) is 3.46. The molecular weight excluding hydrogens is 232 g/mol. The first kappa shape index (κ1) is 14.2. The largest absolute Gasteiger partial charge is 0.344 e. The Morgan fingerprint density at radius 2 is 2.24 bits per heavy atom. The van der Waals surface area contributed by atoms with Gasteiger partial charge in [-0.15, -0.1) is 11.3 Å². The molecule has 1 aromatic heterocycles. The summed E-state index contributed by atoms with van der Waals surface area (Å²) < 4.78 is 0. The van der Waals surface area contributed by atoms with Crippen LogP contribution in [0.25, 0.3) is 0 Å². The second-order valence-corrected chi connectivity index (χ2v) is 5.42. The van der Waals surface area contributed by atoms with Crippen molar-refractivity contribution >= 4 is 17.2 Å². The fourth-order valence-corrected chi connectivity index (χ4v) is 2.52. The summed E-state index contributed by atoms with van der Waals surface area (Å²) in [5.74, 6) is 0.137. The van der Waals surface area contributed by atoms with E-state index in [1.165, 1.54) is 0 Å². The number of hydrogen-bond acceptors (Lipinski definition) is 3. The van der Waals surface area contributed by atoms with Crippen molar-refractivity contribution in [1.29, 1.82) is 0 Å². The number of aromatic nitrogens is 1. The van der Waals surface area contributed by atoms with Crippen molar-refractivity contribution in [3.8, 4) is 0 Å². The average Bonchev–Trinajstić information content (AvgIpc) is 2.83. The lowest BCUT2D eigenvalue weighted by Gasteiger charge is -2.27. The number of carbonyl (C=O) groups is 1. The van der Waals surface area contributed by atoms with Crippen molar-refractivity contribution in [3.63, 3.8) is 0 Å². The molecule has 0 bridgehead atoms. The van der Waals surface area contributed by atoms with Gasteiger partial charge in [-0.3, -0.25) is 4.79 Å². The molecule has 0 spiro atoms. The maximum Gasteiger partial charge on any atom is 0.220 e. The van der Waals surface area contributed by atoms with Gasteiger partial charge in [0.1, 0.15) is 5.01 Å². The highest BCUT2D eigenvalue weighted by Crippen LogP contribution is 2.26. The molecule has 1 N–H and O–H groups in total. The summed E-state index contributed by atoms with van der Waals surface area (Å²) in [4.78, 5) is 16.2. The van der Waals surface area contributed by atoms with Crippen molar-refractivity contribution < 1.29 is 4.79 Å². The van der Waals surface area contributed by atoms with Crippen LogP contribution in [0.1, 0.15) is 57.9 Å². The van der Waals surface area contributed by atoms with Gasteiger partial charge < -0.3 is 5.32 Å². The number of nitrogens with one attached hydrogen (secondary N) is 1. The number of unbranched alkanes of at least 4 members (excludes halogenated alkanes) is 2. The highest BCUT2D eigenvalue weighted by molar-refractivity contribution is 7.09. The topological polar surface area (TPSA) is 42.0 Å². The molecule has 1 atom stereocenters. The smallest absolute Gasteiger partial charge is 0.220 e. The third-order valence-electron chi connectivity index (χ3n) is 3.03. The Kier molecular flexibility index (Phi) is 5.62. The fourth-order valence-electron chi connectivity index (χ4n) is 1.69. The molecule has 0 aromatic carbocycles. The number of thiazole rings is 1. The minimum Gasteiger partial charge on any atom is -0.344 e. The van der Waals surface area contributed by atoms with Gasteiger partial charge in [-0.05, 0) is 19.8 Å². The summed E-state index contributed by atoms with van der Waals surface area (Å²) in [6, 6.07) is 0. The van der Waals surface area contributed by atoms with E-state index in [9.17, 15) is 4.79 Å². The molecular formula is C13H22N2OS. The number of carbonyl (C=O) groups excluding carboxylic acids is 1. The van der Waals surface area contributed by atoms with E-state index in [1.54, 1.807) is 17.5 Å². The van der Waals surface area contributed by atoms with Crippen LogP contribution in [0.5, 0.6) is 0 Å². The third kappa shape index (κ3) is 4.11. The highest BCUT2D eigenvalue weighted by atomic mass is 32.1. The quantitative estimate of drug-likeness (QED) is 0.757. The van der Waals surface area contributed by atoms with E-state index >= 15 is 0 Å². The van der Waals surface area contributed by atoms with E-state index in [2.05, 4.69) is 24.1 Å². The summed E-state index contributed by atoms with van der Waals surface area (Å²) in [6.45, 7) is 6.26. The Balaban J connectivity index is 2.54. The molecule has 0 fully saturated rings. The normalized spacial score (nSPS) is 14.3. The van der Waals surface area contributed by atoms with Crippen LogP contribution in [-0.2, 0) is 10.3 Å². The van der Waals surface area contributed by atoms with E-state index in [1.807, 2.05) is 12.3 Å². The summed E-state index contributed by atoms with van der Waals surface area (Å²) in [6.07, 6.45) is 6.50. The van der Waals surface area contributed by atoms with E-state index in [0.29, 0.717) is 6.42 Å². The van der Waals surface area contributed by atoms with E-state index in [-0.39, 0.29) is 11.4 Å². The van der Waals surface area contributed by atoms with Crippen LogP contribution in [0.3, 0.4) is 0 Å². The Morgan fingerprint density at radius 1 is 1.47 bits per heavy atom. The van der Waals surface area contributed by atoms with Crippen molar-refractivity contribution in [2.45, 2.75) is 58.4 Å². The summed E-state index contributed by atoms with van der Waals surface area (Å²) >= 11 is 1.60. The maximum atomic E-state index is 11.9. The number of rotatable bonds is 7. The molecule has 1 heterocycles. The number of hydrogen-bond donors (Lipinski definition) is 1. The molecule has 0 saturated carbocycles. The van der Waals surface area contributed by atoms with Gasteiger partial charge in [-0.1, -0.05) is 26.7 Å². The van der Waals surface area contributed by atoms with Gasteiger partial charge >= 0.3 is 0 Å². The first-order valence-electron chi connectivity index (χ1n) is 6.33. The standard InChI is InChI=1S/C13H22N2OS/c1-4-6-7-8-11(16)15-13(3,5-2)12-14-9-10-17-12/h9-10H,4-8H2,1-3H3,(H,15,16). The molecule has 17 heavy (non-hydrogen) atoms. The second-order valence-electron chi connectivity index (χ2n) is 4.53. The fraction of sp³-hybridized carbons (Fsp3) is 0.692. The predicted molar refractivity (Wildman–Crippen MR) is 72.0 cm³/mol. The van der Waals surface area contributed by atoms with Crippen LogP contribution in [0.15, 0.2) is 11.6 Å². The van der Waals surface area contributed by atoms with Crippen LogP contribution in [-0.4, -0.2) is 10.9 Å². The van der Waals surface area contributed by atoms with Crippen LogP contribution < -0.4 is 5.32 Å². The zero-order valence-corrected chi connectivity index (χ0v) is 11.8. The zero-order chi connectivity index (χ0) is 12.7. The number of amides is 1. The molecule has 0 aliphatic rings. The van der Waals surface area contributed by atoms with Crippen molar-refractivity contribution in [3.05, 3.63) is 16.6 Å². The van der Waals surface area contributed by atoms with Gasteiger partial charge in [0.05, 0.1) is 5.54 Å². The van der Waals surface area contributed by atoms with E-state index in [4.69, 9.17) is 0 Å². The lowest BCUT2D eigenvalue weighted by Crippen LogP contribution is -2.42. The summed E-state index contributed by atoms with van der Waals surface area (Å²) in [5, 5.41) is 6.05. The molecule has 3 nitrogen and oxygen atoms in total. The monoisotopic (exact) mass is 254 g/mol. The minimum atomic E-state index is -0.308. The molecule has 0 aliphatic carbocycles. The van der Waals surface area contributed by atoms with Gasteiger partial charge in [0, 0.05) is 18.0 Å². The lowest BCUT2D eigenvalue weighted by molar-refractivity contribution is -0.123. The lowest BCUT2D eigenvalue weighted by atomic mass is 9.99. The van der Waals surface area contributed by atoms with Crippen molar-refractivity contribution in [2.24, 2.45) is 0 Å². The Hall–Kier alpha value is -0.900. The van der Waals surface area contributed by atoms with Gasteiger partial charge in [0.15, 0.2) is 0 Å². The minimum absolute atomic E-state index is 0.137. The maximum absolute atomic E-state index is 11.9. The van der Waals surface area contributed by atoms with Crippen LogP contribution >= 0.6 is 11.3 Å². The van der Waals surface area contributed by atoms with Crippen LogP contribution in [0, 0.1) is 0 Å². The molecule has 1 unspecified atom stereocenters. The van der Waals surface area contributed by atoms with Crippen molar-refractivity contribution in [2.75, 3.05) is 0 Å². The molecule has 1 amide bonds. The number of nitrogens with zero attached hydrogens (tertiary/aromatic N) is 1. The van der Waals surface area contributed by atoms with Crippen LogP contribution in [0.4, 0.5) is 0 Å². The molecule has 4 heteroatoms. The first-order chi connectivity index (χ1) is 8.12. The Morgan fingerprint density at radius 3 is 2.76 bits per heavy atom. The molecule has 96 valence electrons. The van der Waals surface area contributed by atoms with Gasteiger partial charge in [0.25, 0.3) is 0 Å².